The van der Waals surface area contributed by atoms with Crippen molar-refractivity contribution in [1.82, 2.24) is 10.2 Å². The minimum absolute atomic E-state index is 0.0377. The van der Waals surface area contributed by atoms with Crippen LogP contribution in [-0.4, -0.2) is 57.1 Å². The van der Waals surface area contributed by atoms with E-state index in [4.69, 9.17) is 16.3 Å². The second-order valence-electron chi connectivity index (χ2n) is 8.48. The van der Waals surface area contributed by atoms with Crippen molar-refractivity contribution in [1.29, 1.82) is 0 Å². The lowest BCUT2D eigenvalue weighted by atomic mass is 10.1. The maximum Gasteiger partial charge on any atom is 0.244 e. The Morgan fingerprint density at radius 2 is 1.83 bits per heavy atom. The highest BCUT2D eigenvalue weighted by Crippen LogP contribution is 2.25. The SMILES string of the molecule is CC[C@@H](C)NC(=O)[C@@H](CC)N(Cc1cccc(OC)c1)C(=O)CN(c1ccc(F)c(Cl)c1)S(C)(=O)=O. The second kappa shape index (κ2) is 12.9. The number of carbonyl (C=O) groups excluding carboxylic acids is 2. The van der Waals surface area contributed by atoms with Crippen molar-refractivity contribution in [2.45, 2.75) is 52.2 Å². The van der Waals surface area contributed by atoms with Crippen LogP contribution >= 0.6 is 11.6 Å². The van der Waals surface area contributed by atoms with Gasteiger partial charge in [0.1, 0.15) is 24.2 Å². The molecule has 1 N–H and O–H groups in total. The summed E-state index contributed by atoms with van der Waals surface area (Å²) in [6.07, 6.45) is 1.95. The summed E-state index contributed by atoms with van der Waals surface area (Å²) in [5, 5.41) is 2.63. The normalized spacial score (nSPS) is 13.0. The summed E-state index contributed by atoms with van der Waals surface area (Å²) in [7, 11) is -2.43. The number of sulfonamides is 1. The average Bonchev–Trinajstić information content (AvgIpc) is 2.83. The molecule has 2 atom stereocenters. The van der Waals surface area contributed by atoms with Gasteiger partial charge in [-0.15, -0.1) is 0 Å². The summed E-state index contributed by atoms with van der Waals surface area (Å²) >= 11 is 5.86. The van der Waals surface area contributed by atoms with Gasteiger partial charge in [-0.25, -0.2) is 12.8 Å². The van der Waals surface area contributed by atoms with E-state index in [0.29, 0.717) is 24.2 Å². The molecule has 11 heteroatoms. The number of hydrogen-bond acceptors (Lipinski definition) is 5. The fourth-order valence-electron chi connectivity index (χ4n) is 3.58. The molecule has 2 rings (SSSR count). The lowest BCUT2D eigenvalue weighted by Gasteiger charge is -2.33. The van der Waals surface area contributed by atoms with Gasteiger partial charge in [-0.2, -0.15) is 0 Å². The number of methoxy groups -OCH3 is 1. The highest BCUT2D eigenvalue weighted by atomic mass is 35.5. The molecule has 8 nitrogen and oxygen atoms in total. The summed E-state index contributed by atoms with van der Waals surface area (Å²) in [6, 6.07) is 9.50. The summed E-state index contributed by atoms with van der Waals surface area (Å²) in [5.41, 5.74) is 0.740. The topological polar surface area (TPSA) is 96.0 Å². The molecule has 0 saturated carbocycles. The van der Waals surface area contributed by atoms with E-state index >= 15 is 0 Å². The van der Waals surface area contributed by atoms with E-state index in [1.54, 1.807) is 31.2 Å². The van der Waals surface area contributed by atoms with Gasteiger partial charge in [0.15, 0.2) is 0 Å². The summed E-state index contributed by atoms with van der Waals surface area (Å²) in [4.78, 5) is 28.1. The molecule has 0 saturated heterocycles. The van der Waals surface area contributed by atoms with Crippen molar-refractivity contribution in [2.75, 3.05) is 24.2 Å². The van der Waals surface area contributed by atoms with Gasteiger partial charge in [0.05, 0.1) is 24.1 Å². The first-order chi connectivity index (χ1) is 16.9. The van der Waals surface area contributed by atoms with Crippen LogP contribution in [0.3, 0.4) is 0 Å². The zero-order chi connectivity index (χ0) is 27.0. The average molecular weight is 542 g/mol. The molecule has 36 heavy (non-hydrogen) atoms. The number of rotatable bonds is 12. The maximum absolute atomic E-state index is 13.7. The van der Waals surface area contributed by atoms with Crippen LogP contribution in [0.15, 0.2) is 42.5 Å². The molecular formula is C25H33ClFN3O5S. The van der Waals surface area contributed by atoms with Gasteiger partial charge in [0.2, 0.25) is 21.8 Å². The largest absolute Gasteiger partial charge is 0.497 e. The van der Waals surface area contributed by atoms with Crippen LogP contribution in [0, 0.1) is 5.82 Å². The third-order valence-corrected chi connectivity index (χ3v) is 7.17. The van der Waals surface area contributed by atoms with Crippen LogP contribution in [0.4, 0.5) is 10.1 Å². The van der Waals surface area contributed by atoms with E-state index in [9.17, 15) is 22.4 Å². The third kappa shape index (κ3) is 7.83. The van der Waals surface area contributed by atoms with Gasteiger partial charge in [0, 0.05) is 12.6 Å². The van der Waals surface area contributed by atoms with Crippen LogP contribution in [0.25, 0.3) is 0 Å². The summed E-state index contributed by atoms with van der Waals surface area (Å²) in [6.45, 7) is 5.02. The lowest BCUT2D eigenvalue weighted by molar-refractivity contribution is -0.140. The van der Waals surface area contributed by atoms with Crippen molar-refractivity contribution in [3.8, 4) is 5.75 Å². The molecule has 0 bridgehead atoms. The molecule has 0 aromatic heterocycles. The number of nitrogens with zero attached hydrogens (tertiary/aromatic N) is 2. The van der Waals surface area contributed by atoms with E-state index in [1.807, 2.05) is 13.8 Å². The number of ether oxygens (including phenoxy) is 1. The molecule has 0 aliphatic heterocycles. The Labute approximate surface area is 217 Å². The molecule has 2 aromatic rings. The van der Waals surface area contributed by atoms with E-state index in [1.165, 1.54) is 18.1 Å². The number of benzene rings is 2. The highest BCUT2D eigenvalue weighted by Gasteiger charge is 2.32. The Morgan fingerprint density at radius 3 is 2.39 bits per heavy atom. The molecule has 0 fully saturated rings. The number of hydrogen-bond donors (Lipinski definition) is 1. The van der Waals surface area contributed by atoms with E-state index in [0.717, 1.165) is 22.7 Å². The first kappa shape index (κ1) is 29.4. The Kier molecular flexibility index (Phi) is 10.5. The zero-order valence-electron chi connectivity index (χ0n) is 21.1. The van der Waals surface area contributed by atoms with Gasteiger partial charge in [-0.05, 0) is 55.7 Å². The maximum atomic E-state index is 13.7. The van der Waals surface area contributed by atoms with E-state index < -0.39 is 34.3 Å². The van der Waals surface area contributed by atoms with Crippen molar-refractivity contribution >= 4 is 39.1 Å². The van der Waals surface area contributed by atoms with Crippen LogP contribution < -0.4 is 14.4 Å². The fraction of sp³-hybridized carbons (Fsp3) is 0.440. The smallest absolute Gasteiger partial charge is 0.244 e. The zero-order valence-corrected chi connectivity index (χ0v) is 22.7. The Morgan fingerprint density at radius 1 is 1.14 bits per heavy atom. The predicted octanol–water partition coefficient (Wildman–Crippen LogP) is 3.98. The number of halogens is 2. The second-order valence-corrected chi connectivity index (χ2v) is 10.8. The summed E-state index contributed by atoms with van der Waals surface area (Å²) in [5.74, 6) is -1.07. The molecular weight excluding hydrogens is 509 g/mol. The molecule has 0 spiro atoms. The fourth-order valence-corrected chi connectivity index (χ4v) is 4.60. The van der Waals surface area contributed by atoms with Gasteiger partial charge in [0.25, 0.3) is 0 Å². The number of amides is 2. The van der Waals surface area contributed by atoms with Crippen molar-refractivity contribution in [3.63, 3.8) is 0 Å². The first-order valence-corrected chi connectivity index (χ1v) is 13.8. The molecule has 0 radical (unpaired) electrons. The third-order valence-electron chi connectivity index (χ3n) is 5.74. The van der Waals surface area contributed by atoms with Crippen LogP contribution in [0.2, 0.25) is 5.02 Å². The number of carbonyl (C=O) groups is 2. The quantitative estimate of drug-likeness (QED) is 0.438. The van der Waals surface area contributed by atoms with Gasteiger partial charge >= 0.3 is 0 Å². The molecule has 0 unspecified atom stereocenters. The van der Waals surface area contributed by atoms with Gasteiger partial charge in [-0.1, -0.05) is 37.6 Å². The number of nitrogens with one attached hydrogen (secondary N) is 1. The van der Waals surface area contributed by atoms with E-state index in [2.05, 4.69) is 5.32 Å². The Balaban J connectivity index is 2.47. The molecule has 198 valence electrons. The van der Waals surface area contributed by atoms with Crippen LogP contribution in [0.5, 0.6) is 5.75 Å². The minimum Gasteiger partial charge on any atom is -0.497 e. The van der Waals surface area contributed by atoms with E-state index in [-0.39, 0.29) is 29.2 Å². The molecule has 0 heterocycles. The minimum atomic E-state index is -3.95. The van der Waals surface area contributed by atoms with Gasteiger partial charge < -0.3 is 15.0 Å². The molecule has 2 amide bonds. The van der Waals surface area contributed by atoms with Crippen molar-refractivity contribution < 1.29 is 27.1 Å². The summed E-state index contributed by atoms with van der Waals surface area (Å²) < 4.78 is 45.0. The molecule has 0 aliphatic carbocycles. The monoisotopic (exact) mass is 541 g/mol. The standard InChI is InChI=1S/C25H33ClFN3O5S/c1-6-17(3)28-25(32)23(7-2)29(15-18-9-8-10-20(13-18)35-4)24(31)16-30(36(5,33)34)19-11-12-22(27)21(26)14-19/h8-14,17,23H,6-7,15-16H2,1-5H3,(H,28,32)/t17-,23-/m1/s1. The van der Waals surface area contributed by atoms with Crippen molar-refractivity contribution in [2.24, 2.45) is 0 Å². The van der Waals surface area contributed by atoms with Gasteiger partial charge in [-0.3, -0.25) is 13.9 Å². The highest BCUT2D eigenvalue weighted by molar-refractivity contribution is 7.92. The number of anilines is 1. The molecule has 2 aromatic carbocycles. The molecule has 0 aliphatic rings. The Hall–Kier alpha value is -2.85. The van der Waals surface area contributed by atoms with Crippen LogP contribution in [-0.2, 0) is 26.2 Å². The van der Waals surface area contributed by atoms with Crippen LogP contribution in [0.1, 0.15) is 39.2 Å². The first-order valence-electron chi connectivity index (χ1n) is 11.6. The van der Waals surface area contributed by atoms with Crippen molar-refractivity contribution in [3.05, 3.63) is 58.9 Å². The Bertz CT molecular complexity index is 1180. The predicted molar refractivity (Wildman–Crippen MR) is 139 cm³/mol. The lowest BCUT2D eigenvalue weighted by Crippen LogP contribution is -2.53.